The lowest BCUT2D eigenvalue weighted by atomic mass is 9.73. The molecule has 9 heteroatoms. The number of carbonyl (C=O) groups excluding carboxylic acids is 2. The van der Waals surface area contributed by atoms with E-state index in [0.29, 0.717) is 50.1 Å². The van der Waals surface area contributed by atoms with Crippen molar-refractivity contribution in [3.8, 4) is 0 Å². The van der Waals surface area contributed by atoms with Gasteiger partial charge in [-0.3, -0.25) is 9.59 Å². The predicted molar refractivity (Wildman–Crippen MR) is 197 cm³/mol. The molecule has 0 aliphatic carbocycles. The first kappa shape index (κ1) is 42.2. The largest absolute Gasteiger partial charge is 0.380 e. The SMILES string of the molecule is C=C(C)C(=O)NCC(C)(C)CC(C)(C)CC(=O)NCCC(C)(C)COCC(C)(C)CCNCc1ccc(N(CCCl)CCCl)cc1. The molecular formula is C37H64Cl2N4O3. The van der Waals surface area contributed by atoms with E-state index in [-0.39, 0.29) is 33.5 Å². The molecule has 7 nitrogen and oxygen atoms in total. The van der Waals surface area contributed by atoms with Crippen LogP contribution in [0.2, 0.25) is 0 Å². The van der Waals surface area contributed by atoms with Gasteiger partial charge in [-0.2, -0.15) is 0 Å². The highest BCUT2D eigenvalue weighted by Gasteiger charge is 2.31. The van der Waals surface area contributed by atoms with Gasteiger partial charge in [0, 0.05) is 62.2 Å². The van der Waals surface area contributed by atoms with Crippen LogP contribution in [0.5, 0.6) is 0 Å². The molecule has 0 aliphatic heterocycles. The van der Waals surface area contributed by atoms with Crippen molar-refractivity contribution < 1.29 is 14.3 Å². The summed E-state index contributed by atoms with van der Waals surface area (Å²) in [6.07, 6.45) is 3.10. The molecule has 0 saturated carbocycles. The van der Waals surface area contributed by atoms with Crippen LogP contribution in [0.15, 0.2) is 36.4 Å². The summed E-state index contributed by atoms with van der Waals surface area (Å²) in [5.41, 5.74) is 2.58. The Balaban J connectivity index is 2.35. The van der Waals surface area contributed by atoms with Gasteiger partial charge in [0.25, 0.3) is 0 Å². The molecule has 0 radical (unpaired) electrons. The van der Waals surface area contributed by atoms with Crippen molar-refractivity contribution in [3.63, 3.8) is 0 Å². The van der Waals surface area contributed by atoms with Crippen molar-refractivity contribution >= 4 is 40.7 Å². The van der Waals surface area contributed by atoms with Crippen LogP contribution in [0.4, 0.5) is 5.69 Å². The minimum atomic E-state index is -0.193. The maximum Gasteiger partial charge on any atom is 0.246 e. The predicted octanol–water partition coefficient (Wildman–Crippen LogP) is 7.55. The van der Waals surface area contributed by atoms with E-state index < -0.39 is 0 Å². The number of nitrogens with zero attached hydrogens (tertiary/aromatic N) is 1. The van der Waals surface area contributed by atoms with Gasteiger partial charge in [0.05, 0.1) is 13.2 Å². The quantitative estimate of drug-likeness (QED) is 0.0596. The highest BCUT2D eigenvalue weighted by atomic mass is 35.5. The molecule has 0 heterocycles. The number of anilines is 1. The molecule has 0 spiro atoms. The lowest BCUT2D eigenvalue weighted by Crippen LogP contribution is -2.39. The summed E-state index contributed by atoms with van der Waals surface area (Å²) in [4.78, 5) is 26.9. The van der Waals surface area contributed by atoms with Crippen LogP contribution < -0.4 is 20.9 Å². The smallest absolute Gasteiger partial charge is 0.246 e. The maximum atomic E-state index is 12.8. The van der Waals surface area contributed by atoms with Crippen molar-refractivity contribution in [2.75, 3.05) is 62.6 Å². The summed E-state index contributed by atoms with van der Waals surface area (Å²) < 4.78 is 6.20. The van der Waals surface area contributed by atoms with Gasteiger partial charge in [-0.15, -0.1) is 23.2 Å². The molecule has 0 atom stereocenters. The van der Waals surface area contributed by atoms with Crippen LogP contribution in [0.25, 0.3) is 0 Å². The first-order valence-electron chi connectivity index (χ1n) is 16.8. The second kappa shape index (κ2) is 19.9. The van der Waals surface area contributed by atoms with E-state index in [2.05, 4.69) is 107 Å². The average molecular weight is 684 g/mol. The fourth-order valence-electron chi connectivity index (χ4n) is 5.73. The Labute approximate surface area is 291 Å². The zero-order valence-electron chi connectivity index (χ0n) is 30.3. The highest BCUT2D eigenvalue weighted by Crippen LogP contribution is 2.36. The molecule has 0 fully saturated rings. The third-order valence-electron chi connectivity index (χ3n) is 8.14. The van der Waals surface area contributed by atoms with E-state index in [1.54, 1.807) is 6.92 Å². The molecule has 0 aliphatic rings. The number of ether oxygens (including phenoxy) is 1. The standard InChI is InChI=1S/C37H64Cl2N4O3/c1-29(2)33(45)42-26-37(9,10)25-36(7,8)23-32(44)41-20-16-35(5,6)28-46-27-34(3,4)15-19-40-24-30-11-13-31(14-12-30)43(21-17-38)22-18-39/h11-14,40H,1,15-28H2,2-10H3,(H,41,44)(H,42,45). The zero-order valence-corrected chi connectivity index (χ0v) is 31.9. The second-order valence-corrected chi connectivity index (χ2v) is 16.8. The molecule has 0 unspecified atom stereocenters. The zero-order chi connectivity index (χ0) is 35.0. The van der Waals surface area contributed by atoms with Gasteiger partial charge >= 0.3 is 0 Å². The Morgan fingerprint density at radius 3 is 1.87 bits per heavy atom. The number of halogens is 2. The Kier molecular flexibility index (Phi) is 18.3. The molecule has 1 aromatic rings. The first-order chi connectivity index (χ1) is 21.3. The summed E-state index contributed by atoms with van der Waals surface area (Å²) in [6.45, 7) is 28.5. The molecule has 2 amide bonds. The van der Waals surface area contributed by atoms with Crippen molar-refractivity contribution in [2.24, 2.45) is 21.7 Å². The van der Waals surface area contributed by atoms with Crippen LogP contribution in [0.1, 0.15) is 93.6 Å². The lowest BCUT2D eigenvalue weighted by molar-refractivity contribution is -0.124. The molecular weight excluding hydrogens is 619 g/mol. The first-order valence-corrected chi connectivity index (χ1v) is 17.8. The van der Waals surface area contributed by atoms with E-state index in [9.17, 15) is 9.59 Å². The highest BCUT2D eigenvalue weighted by molar-refractivity contribution is 6.18. The summed E-state index contributed by atoms with van der Waals surface area (Å²) in [5.74, 6) is 1.09. The number of nitrogens with one attached hydrogen (secondary N) is 3. The Morgan fingerprint density at radius 2 is 1.35 bits per heavy atom. The Bertz CT molecular complexity index is 1060. The summed E-state index contributed by atoms with van der Waals surface area (Å²) in [7, 11) is 0. The monoisotopic (exact) mass is 682 g/mol. The number of hydrogen-bond acceptors (Lipinski definition) is 5. The normalized spacial score (nSPS) is 12.6. The van der Waals surface area contributed by atoms with E-state index >= 15 is 0 Å². The molecule has 3 N–H and O–H groups in total. The van der Waals surface area contributed by atoms with Gasteiger partial charge in [-0.1, -0.05) is 74.1 Å². The maximum absolute atomic E-state index is 12.8. The number of carbonyl (C=O) groups is 2. The molecule has 0 aromatic heterocycles. The minimum absolute atomic E-state index is 0.0458. The number of hydrogen-bond donors (Lipinski definition) is 3. The number of amides is 2. The van der Waals surface area contributed by atoms with Gasteiger partial charge in [-0.25, -0.2) is 0 Å². The Hall–Kier alpha value is -1.80. The molecule has 46 heavy (non-hydrogen) atoms. The van der Waals surface area contributed by atoms with Crippen molar-refractivity contribution in [1.29, 1.82) is 0 Å². The summed E-state index contributed by atoms with van der Waals surface area (Å²) in [6, 6.07) is 8.60. The van der Waals surface area contributed by atoms with Gasteiger partial charge in [0.15, 0.2) is 0 Å². The summed E-state index contributed by atoms with van der Waals surface area (Å²) >= 11 is 11.9. The van der Waals surface area contributed by atoms with Gasteiger partial charge in [0.2, 0.25) is 11.8 Å². The Morgan fingerprint density at radius 1 is 0.804 bits per heavy atom. The van der Waals surface area contributed by atoms with Crippen LogP contribution in [0.3, 0.4) is 0 Å². The van der Waals surface area contributed by atoms with E-state index in [4.69, 9.17) is 27.9 Å². The molecule has 1 rings (SSSR count). The van der Waals surface area contributed by atoms with Crippen molar-refractivity contribution in [3.05, 3.63) is 42.0 Å². The number of alkyl halides is 2. The van der Waals surface area contributed by atoms with Crippen molar-refractivity contribution in [1.82, 2.24) is 16.0 Å². The minimum Gasteiger partial charge on any atom is -0.380 e. The van der Waals surface area contributed by atoms with E-state index in [1.165, 1.54) is 5.56 Å². The molecule has 264 valence electrons. The average Bonchev–Trinajstić information content (AvgIpc) is 2.93. The topological polar surface area (TPSA) is 82.7 Å². The fourth-order valence-corrected chi connectivity index (χ4v) is 6.14. The van der Waals surface area contributed by atoms with Crippen LogP contribution in [-0.4, -0.2) is 69.5 Å². The second-order valence-electron chi connectivity index (χ2n) is 16.0. The van der Waals surface area contributed by atoms with Gasteiger partial charge < -0.3 is 25.6 Å². The fraction of sp³-hybridized carbons (Fsp3) is 0.730. The van der Waals surface area contributed by atoms with Crippen LogP contribution >= 0.6 is 23.2 Å². The lowest BCUT2D eigenvalue weighted by Gasteiger charge is -2.35. The van der Waals surface area contributed by atoms with Crippen molar-refractivity contribution in [2.45, 2.75) is 94.5 Å². The molecule has 1 aromatic carbocycles. The van der Waals surface area contributed by atoms with Crippen LogP contribution in [-0.2, 0) is 20.9 Å². The number of benzene rings is 1. The molecule has 0 bridgehead atoms. The molecule has 0 saturated heterocycles. The summed E-state index contributed by atoms with van der Waals surface area (Å²) in [5, 5.41) is 9.64. The number of rotatable bonds is 24. The van der Waals surface area contributed by atoms with Crippen LogP contribution in [0, 0.1) is 21.7 Å². The van der Waals surface area contributed by atoms with E-state index in [0.717, 1.165) is 51.1 Å². The van der Waals surface area contributed by atoms with E-state index in [1.807, 2.05) is 0 Å². The third-order valence-corrected chi connectivity index (χ3v) is 8.48. The third kappa shape index (κ3) is 18.5. The van der Waals surface area contributed by atoms with Gasteiger partial charge in [0.1, 0.15) is 0 Å². The van der Waals surface area contributed by atoms with Gasteiger partial charge in [-0.05, 0) is 72.1 Å².